The van der Waals surface area contributed by atoms with Gasteiger partial charge in [0.05, 0.1) is 30.4 Å². The standard InChI is InChI=1S/C18H17ClN4O2/c19-14-9-15-16(20-10-14)18(23-4-6-25-7-5-23)22-17(21-15)13-3-1-2-12(8-13)11-24/h1-3,8-10,24H,4-7,11H2. The average molecular weight is 357 g/mol. The summed E-state index contributed by atoms with van der Waals surface area (Å²) in [6, 6.07) is 9.38. The van der Waals surface area contributed by atoms with Crippen molar-refractivity contribution in [2.75, 3.05) is 31.2 Å². The minimum absolute atomic E-state index is 0.0227. The molecule has 0 unspecified atom stereocenters. The van der Waals surface area contributed by atoms with E-state index in [1.807, 2.05) is 24.3 Å². The van der Waals surface area contributed by atoms with Crippen LogP contribution in [0.1, 0.15) is 5.56 Å². The Kier molecular flexibility index (Phi) is 4.48. The third-order valence-electron chi connectivity index (χ3n) is 4.16. The first kappa shape index (κ1) is 16.2. The SMILES string of the molecule is OCc1cccc(-c2nc(N3CCOCC3)c3ncc(Cl)cc3n2)c1. The maximum absolute atomic E-state index is 9.39. The lowest BCUT2D eigenvalue weighted by Gasteiger charge is -2.28. The zero-order chi connectivity index (χ0) is 17.2. The first-order chi connectivity index (χ1) is 12.2. The minimum atomic E-state index is -0.0227. The van der Waals surface area contributed by atoms with Gasteiger partial charge in [-0.05, 0) is 17.7 Å². The molecule has 3 aromatic rings. The number of rotatable bonds is 3. The largest absolute Gasteiger partial charge is 0.392 e. The molecule has 0 amide bonds. The number of ether oxygens (including phenoxy) is 1. The fourth-order valence-corrected chi connectivity index (χ4v) is 3.06. The Labute approximate surface area is 150 Å². The van der Waals surface area contributed by atoms with Gasteiger partial charge >= 0.3 is 0 Å². The number of aromatic nitrogens is 3. The molecule has 0 aliphatic carbocycles. The highest BCUT2D eigenvalue weighted by molar-refractivity contribution is 6.31. The monoisotopic (exact) mass is 356 g/mol. The van der Waals surface area contributed by atoms with E-state index in [2.05, 4.69) is 14.9 Å². The number of fused-ring (bicyclic) bond motifs is 1. The van der Waals surface area contributed by atoms with Gasteiger partial charge in [0.1, 0.15) is 5.52 Å². The van der Waals surface area contributed by atoms with Crippen LogP contribution < -0.4 is 4.90 Å². The van der Waals surface area contributed by atoms with Gasteiger partial charge < -0.3 is 14.7 Å². The molecule has 1 aliphatic heterocycles. The second-order valence-electron chi connectivity index (χ2n) is 5.85. The van der Waals surface area contributed by atoms with E-state index >= 15 is 0 Å². The molecular weight excluding hydrogens is 340 g/mol. The summed E-state index contributed by atoms with van der Waals surface area (Å²) >= 11 is 6.11. The van der Waals surface area contributed by atoms with E-state index < -0.39 is 0 Å². The van der Waals surface area contributed by atoms with Gasteiger partial charge in [-0.25, -0.2) is 15.0 Å². The molecular formula is C18H17ClN4O2. The maximum atomic E-state index is 9.39. The molecule has 3 heterocycles. The van der Waals surface area contributed by atoms with E-state index in [0.29, 0.717) is 29.6 Å². The summed E-state index contributed by atoms with van der Waals surface area (Å²) in [5, 5.41) is 9.92. The van der Waals surface area contributed by atoms with Crippen LogP contribution in [0.4, 0.5) is 5.82 Å². The number of halogens is 1. The lowest BCUT2D eigenvalue weighted by molar-refractivity contribution is 0.122. The Bertz CT molecular complexity index is 913. The number of anilines is 1. The number of pyridine rings is 1. The van der Waals surface area contributed by atoms with Crippen molar-refractivity contribution in [3.8, 4) is 11.4 Å². The molecule has 0 saturated carbocycles. The number of benzene rings is 1. The highest BCUT2D eigenvalue weighted by Crippen LogP contribution is 2.28. The van der Waals surface area contributed by atoms with Crippen molar-refractivity contribution in [2.24, 2.45) is 0 Å². The molecule has 1 N–H and O–H groups in total. The van der Waals surface area contributed by atoms with Gasteiger partial charge in [-0.2, -0.15) is 0 Å². The Morgan fingerprint density at radius 1 is 1.16 bits per heavy atom. The molecule has 0 atom stereocenters. The van der Waals surface area contributed by atoms with Crippen LogP contribution in [0.15, 0.2) is 36.5 Å². The molecule has 0 spiro atoms. The van der Waals surface area contributed by atoms with Crippen LogP contribution in [-0.4, -0.2) is 46.4 Å². The summed E-state index contributed by atoms with van der Waals surface area (Å²) in [4.78, 5) is 16.0. The third-order valence-corrected chi connectivity index (χ3v) is 4.37. The second kappa shape index (κ2) is 6.92. The normalized spacial score (nSPS) is 14.9. The molecule has 128 valence electrons. The average Bonchev–Trinajstić information content (AvgIpc) is 2.67. The predicted octanol–water partition coefficient (Wildman–Crippen LogP) is 2.67. The predicted molar refractivity (Wildman–Crippen MR) is 96.7 cm³/mol. The zero-order valence-corrected chi connectivity index (χ0v) is 14.3. The van der Waals surface area contributed by atoms with Gasteiger partial charge in [-0.3, -0.25) is 0 Å². The van der Waals surface area contributed by atoms with Crippen LogP contribution in [0, 0.1) is 0 Å². The van der Waals surface area contributed by atoms with Crippen LogP contribution in [0.25, 0.3) is 22.4 Å². The molecule has 6 nitrogen and oxygen atoms in total. The van der Waals surface area contributed by atoms with Crippen LogP contribution in [0.3, 0.4) is 0 Å². The summed E-state index contributed by atoms with van der Waals surface area (Å²) in [5.41, 5.74) is 3.10. The van der Waals surface area contributed by atoms with Gasteiger partial charge in [0.25, 0.3) is 0 Å². The van der Waals surface area contributed by atoms with Gasteiger partial charge in [0.2, 0.25) is 0 Å². The van der Waals surface area contributed by atoms with Crippen molar-refractivity contribution in [3.63, 3.8) is 0 Å². The lowest BCUT2D eigenvalue weighted by atomic mass is 10.1. The van der Waals surface area contributed by atoms with Crippen molar-refractivity contribution in [2.45, 2.75) is 6.61 Å². The van der Waals surface area contributed by atoms with Crippen LogP contribution in [0.5, 0.6) is 0 Å². The van der Waals surface area contributed by atoms with Crippen molar-refractivity contribution < 1.29 is 9.84 Å². The number of nitrogens with zero attached hydrogens (tertiary/aromatic N) is 4. The molecule has 1 fully saturated rings. The van der Waals surface area contributed by atoms with Gasteiger partial charge in [0.15, 0.2) is 11.6 Å². The molecule has 1 aromatic carbocycles. The Morgan fingerprint density at radius 3 is 2.80 bits per heavy atom. The van der Waals surface area contributed by atoms with Gasteiger partial charge in [-0.1, -0.05) is 29.8 Å². The number of morpholine rings is 1. The quantitative estimate of drug-likeness (QED) is 0.778. The summed E-state index contributed by atoms with van der Waals surface area (Å²) < 4.78 is 5.44. The first-order valence-corrected chi connectivity index (χ1v) is 8.48. The smallest absolute Gasteiger partial charge is 0.162 e. The van der Waals surface area contributed by atoms with Crippen LogP contribution in [-0.2, 0) is 11.3 Å². The van der Waals surface area contributed by atoms with Crippen LogP contribution in [0.2, 0.25) is 5.02 Å². The first-order valence-electron chi connectivity index (χ1n) is 8.11. The fraction of sp³-hybridized carbons (Fsp3) is 0.278. The molecule has 0 bridgehead atoms. The zero-order valence-electron chi connectivity index (χ0n) is 13.5. The summed E-state index contributed by atoms with van der Waals surface area (Å²) in [7, 11) is 0. The lowest BCUT2D eigenvalue weighted by Crippen LogP contribution is -2.37. The summed E-state index contributed by atoms with van der Waals surface area (Å²) in [6.07, 6.45) is 1.61. The van der Waals surface area contributed by atoms with Crippen LogP contribution >= 0.6 is 11.6 Å². The minimum Gasteiger partial charge on any atom is -0.392 e. The summed E-state index contributed by atoms with van der Waals surface area (Å²) in [5.74, 6) is 1.38. The van der Waals surface area contributed by atoms with E-state index in [4.69, 9.17) is 21.3 Å². The highest BCUT2D eigenvalue weighted by atomic mass is 35.5. The third kappa shape index (κ3) is 3.28. The fourth-order valence-electron chi connectivity index (χ4n) is 2.91. The van der Waals surface area contributed by atoms with E-state index in [0.717, 1.165) is 35.6 Å². The summed E-state index contributed by atoms with van der Waals surface area (Å²) in [6.45, 7) is 2.81. The van der Waals surface area contributed by atoms with Gasteiger partial charge in [-0.15, -0.1) is 0 Å². The van der Waals surface area contributed by atoms with E-state index in [1.165, 1.54) is 0 Å². The number of hydrogen-bond donors (Lipinski definition) is 1. The second-order valence-corrected chi connectivity index (χ2v) is 6.29. The van der Waals surface area contributed by atoms with E-state index in [-0.39, 0.29) is 6.61 Å². The Morgan fingerprint density at radius 2 is 2.00 bits per heavy atom. The topological polar surface area (TPSA) is 71.4 Å². The Balaban J connectivity index is 1.89. The number of aliphatic hydroxyl groups excluding tert-OH is 1. The molecule has 2 aromatic heterocycles. The molecule has 4 rings (SSSR count). The van der Waals surface area contributed by atoms with Crippen molar-refractivity contribution >= 4 is 28.5 Å². The highest BCUT2D eigenvalue weighted by Gasteiger charge is 2.19. The molecule has 1 saturated heterocycles. The van der Waals surface area contributed by atoms with Crippen molar-refractivity contribution in [1.82, 2.24) is 15.0 Å². The number of aliphatic hydroxyl groups is 1. The Hall–Kier alpha value is -2.28. The molecule has 0 radical (unpaired) electrons. The van der Waals surface area contributed by atoms with Crippen molar-refractivity contribution in [1.29, 1.82) is 0 Å². The molecule has 25 heavy (non-hydrogen) atoms. The van der Waals surface area contributed by atoms with Gasteiger partial charge in [0, 0.05) is 24.8 Å². The molecule has 7 heteroatoms. The van der Waals surface area contributed by atoms with E-state index in [1.54, 1.807) is 12.3 Å². The maximum Gasteiger partial charge on any atom is 0.162 e. The molecule has 1 aliphatic rings. The van der Waals surface area contributed by atoms with Crippen molar-refractivity contribution in [3.05, 3.63) is 47.1 Å². The number of hydrogen-bond acceptors (Lipinski definition) is 6. The van der Waals surface area contributed by atoms with E-state index in [9.17, 15) is 5.11 Å².